The molecule has 0 unspecified atom stereocenters. The summed E-state index contributed by atoms with van der Waals surface area (Å²) in [5, 5.41) is 8.49. The van der Waals surface area contributed by atoms with Crippen molar-refractivity contribution in [3.8, 4) is 0 Å². The highest BCUT2D eigenvalue weighted by Crippen LogP contribution is 2.16. The summed E-state index contributed by atoms with van der Waals surface area (Å²) in [5.74, 6) is 0.277. The molecule has 3 aromatic rings. The molecule has 0 bridgehead atoms. The van der Waals surface area contributed by atoms with Crippen LogP contribution < -0.4 is 0 Å². The maximum atomic E-state index is 11.0. The van der Waals surface area contributed by atoms with Crippen LogP contribution in [-0.4, -0.2) is 35.2 Å². The molecule has 0 saturated heterocycles. The Balaban J connectivity index is 1.36. The molecule has 204 valence electrons. The Labute approximate surface area is 233 Å². The molecule has 0 fully saturated rings. The lowest BCUT2D eigenvalue weighted by atomic mass is 10.1. The maximum absolute atomic E-state index is 11.0. The van der Waals surface area contributed by atoms with E-state index in [4.69, 9.17) is 4.74 Å². The van der Waals surface area contributed by atoms with Crippen molar-refractivity contribution in [3.63, 3.8) is 0 Å². The summed E-state index contributed by atoms with van der Waals surface area (Å²) >= 11 is 0. The Morgan fingerprint density at radius 3 is 2.10 bits per heavy atom. The fourth-order valence-corrected chi connectivity index (χ4v) is 4.01. The Morgan fingerprint density at radius 1 is 0.769 bits per heavy atom. The lowest BCUT2D eigenvalue weighted by Crippen LogP contribution is -2.01. The number of unbranched alkanes of at least 4 members (excludes halogenated alkanes) is 6. The third-order valence-electron chi connectivity index (χ3n) is 6.34. The van der Waals surface area contributed by atoms with Crippen molar-refractivity contribution >= 4 is 29.9 Å². The van der Waals surface area contributed by atoms with Crippen molar-refractivity contribution in [3.05, 3.63) is 95.7 Å². The summed E-state index contributed by atoms with van der Waals surface area (Å²) in [4.78, 5) is 20.1. The van der Waals surface area contributed by atoms with Crippen LogP contribution in [0, 0.1) is 0 Å². The van der Waals surface area contributed by atoms with Gasteiger partial charge in [-0.15, -0.1) is 5.10 Å². The van der Waals surface area contributed by atoms with Crippen LogP contribution in [-0.2, 0) is 22.4 Å². The first-order chi connectivity index (χ1) is 19.2. The monoisotopic (exact) mass is 524 g/mol. The predicted octanol–water partition coefficient (Wildman–Crippen LogP) is 7.93. The summed E-state index contributed by atoms with van der Waals surface area (Å²) in [6.07, 6.45) is 16.0. The van der Waals surface area contributed by atoms with Gasteiger partial charge in [0.2, 0.25) is 0 Å². The van der Waals surface area contributed by atoms with Gasteiger partial charge in [-0.05, 0) is 73.1 Å². The first kappa shape index (κ1) is 29.6. The highest BCUT2D eigenvalue weighted by Gasteiger charge is 1.99. The van der Waals surface area contributed by atoms with Gasteiger partial charge < -0.3 is 4.74 Å². The molecule has 0 aliphatic carbocycles. The van der Waals surface area contributed by atoms with Gasteiger partial charge in [0.1, 0.15) is 0 Å². The van der Waals surface area contributed by atoms with Gasteiger partial charge >= 0.3 is 5.97 Å². The molecule has 39 heavy (non-hydrogen) atoms. The molecule has 3 rings (SSSR count). The molecule has 0 saturated carbocycles. The minimum Gasteiger partial charge on any atom is -0.463 e. The van der Waals surface area contributed by atoms with Crippen molar-refractivity contribution < 1.29 is 9.53 Å². The second kappa shape index (κ2) is 17.6. The highest BCUT2D eigenvalue weighted by molar-refractivity contribution is 5.86. The molecule has 0 radical (unpaired) electrons. The second-order valence-electron chi connectivity index (χ2n) is 9.58. The van der Waals surface area contributed by atoms with Gasteiger partial charge in [0.15, 0.2) is 5.82 Å². The number of carbonyl (C=O) groups excluding carboxylic acids is 1. The zero-order chi connectivity index (χ0) is 27.5. The minimum absolute atomic E-state index is 0.340. The molecule has 0 N–H and O–H groups in total. The van der Waals surface area contributed by atoms with E-state index >= 15 is 0 Å². The molecular weight excluding hydrogens is 484 g/mol. The maximum Gasteiger partial charge on any atom is 0.330 e. The topological polar surface area (TPSA) is 76.8 Å². The Morgan fingerprint density at radius 2 is 1.44 bits per heavy atom. The lowest BCUT2D eigenvalue weighted by Gasteiger charge is -2.04. The van der Waals surface area contributed by atoms with Gasteiger partial charge in [-0.3, -0.25) is 4.99 Å². The quantitative estimate of drug-likeness (QED) is 0.0777. The predicted molar refractivity (Wildman–Crippen MR) is 161 cm³/mol. The number of hydrogen-bond donors (Lipinski definition) is 0. The number of esters is 1. The van der Waals surface area contributed by atoms with Crippen LogP contribution >= 0.6 is 0 Å². The fraction of sp³-hybridized carbons (Fsp3) is 0.364. The van der Waals surface area contributed by atoms with Gasteiger partial charge in [0.05, 0.1) is 18.0 Å². The van der Waals surface area contributed by atoms with E-state index in [0.717, 1.165) is 67.5 Å². The van der Waals surface area contributed by atoms with Crippen molar-refractivity contribution in [1.82, 2.24) is 10.2 Å². The van der Waals surface area contributed by atoms with Crippen LogP contribution in [0.2, 0.25) is 0 Å². The molecule has 6 nitrogen and oxygen atoms in total. The fourth-order valence-electron chi connectivity index (χ4n) is 4.01. The van der Waals surface area contributed by atoms with Crippen LogP contribution in [0.5, 0.6) is 0 Å². The van der Waals surface area contributed by atoms with E-state index in [1.165, 1.54) is 30.9 Å². The van der Waals surface area contributed by atoms with Crippen LogP contribution in [0.4, 0.5) is 11.5 Å². The van der Waals surface area contributed by atoms with E-state index in [-0.39, 0.29) is 5.97 Å². The number of benzene rings is 2. The van der Waals surface area contributed by atoms with E-state index in [9.17, 15) is 4.79 Å². The van der Waals surface area contributed by atoms with Gasteiger partial charge in [0, 0.05) is 18.5 Å². The number of aromatic nitrogens is 2. The lowest BCUT2D eigenvalue weighted by molar-refractivity contribution is -0.137. The summed E-state index contributed by atoms with van der Waals surface area (Å²) in [7, 11) is 0. The molecule has 0 aliphatic heterocycles. The van der Waals surface area contributed by atoms with Crippen LogP contribution in [0.3, 0.4) is 0 Å². The van der Waals surface area contributed by atoms with Crippen LogP contribution in [0.25, 0.3) is 0 Å². The standard InChI is InChI=1S/C33H40N4O2/c1-3-5-9-13-31-22-23-32(37-36-31)35-26-29-16-14-28(15-17-29)25-34-30-20-18-27(19-21-30)12-10-7-6-8-11-24-39-33(38)4-2/h4,14-23,25-26H,2-3,5-13,24H2,1H3. The first-order valence-corrected chi connectivity index (χ1v) is 14.0. The molecular formula is C33H40N4O2. The SMILES string of the molecule is C=CC(=O)OCCCCCCCc1ccc(N=Cc2ccc(C=Nc3ccc(CCCCC)nn3)cc2)cc1. The summed E-state index contributed by atoms with van der Waals surface area (Å²) in [6.45, 7) is 6.07. The summed E-state index contributed by atoms with van der Waals surface area (Å²) in [5.41, 5.74) is 5.33. The molecule has 1 aromatic heterocycles. The van der Waals surface area contributed by atoms with Gasteiger partial charge in [0.25, 0.3) is 0 Å². The average molecular weight is 525 g/mol. The van der Waals surface area contributed by atoms with Crippen molar-refractivity contribution in [1.29, 1.82) is 0 Å². The Hall–Kier alpha value is -3.93. The van der Waals surface area contributed by atoms with E-state index in [1.807, 2.05) is 42.6 Å². The van der Waals surface area contributed by atoms with Crippen molar-refractivity contribution in [2.24, 2.45) is 9.98 Å². The van der Waals surface area contributed by atoms with E-state index < -0.39 is 0 Å². The number of aliphatic imine (C=N–C) groups is 2. The van der Waals surface area contributed by atoms with Gasteiger partial charge in [-0.1, -0.05) is 82.0 Å². The normalized spacial score (nSPS) is 11.3. The molecule has 1 heterocycles. The van der Waals surface area contributed by atoms with E-state index in [2.05, 4.69) is 58.0 Å². The first-order valence-electron chi connectivity index (χ1n) is 14.0. The minimum atomic E-state index is -0.340. The Bertz CT molecular complexity index is 1180. The van der Waals surface area contributed by atoms with Crippen molar-refractivity contribution in [2.75, 3.05) is 6.61 Å². The Kier molecular flexibility index (Phi) is 13.3. The molecule has 6 heteroatoms. The van der Waals surface area contributed by atoms with E-state index in [0.29, 0.717) is 12.4 Å². The third kappa shape index (κ3) is 12.0. The van der Waals surface area contributed by atoms with Crippen LogP contribution in [0.1, 0.15) is 80.7 Å². The average Bonchev–Trinajstić information content (AvgIpc) is 2.98. The van der Waals surface area contributed by atoms with Gasteiger partial charge in [-0.2, -0.15) is 5.10 Å². The number of carbonyl (C=O) groups is 1. The molecule has 0 aliphatic rings. The molecule has 0 atom stereocenters. The second-order valence-corrected chi connectivity index (χ2v) is 9.58. The molecule has 0 amide bonds. The smallest absolute Gasteiger partial charge is 0.330 e. The number of rotatable bonds is 17. The zero-order valence-electron chi connectivity index (χ0n) is 23.1. The summed E-state index contributed by atoms with van der Waals surface area (Å²) in [6, 6.07) is 20.5. The molecule has 0 spiro atoms. The van der Waals surface area contributed by atoms with Crippen LogP contribution in [0.15, 0.2) is 83.3 Å². The highest BCUT2D eigenvalue weighted by atomic mass is 16.5. The number of nitrogens with zero attached hydrogens (tertiary/aromatic N) is 4. The van der Waals surface area contributed by atoms with E-state index in [1.54, 1.807) is 6.21 Å². The summed E-state index contributed by atoms with van der Waals surface area (Å²) < 4.78 is 4.99. The third-order valence-corrected chi connectivity index (χ3v) is 6.34. The number of hydrogen-bond acceptors (Lipinski definition) is 6. The molecule has 2 aromatic carbocycles. The zero-order valence-corrected chi connectivity index (χ0v) is 23.1. The van der Waals surface area contributed by atoms with Gasteiger partial charge in [-0.25, -0.2) is 9.79 Å². The van der Waals surface area contributed by atoms with Crippen molar-refractivity contribution in [2.45, 2.75) is 71.1 Å². The number of ether oxygens (including phenoxy) is 1. The largest absolute Gasteiger partial charge is 0.463 e. The number of aryl methyl sites for hydroxylation is 2.